The number of nitrogens with one attached hydrogen (secondary N) is 1. The SMILES string of the molecule is CCOc1ccc(NC(=O)CN(C)[C@H](C)C(N)=O)cc1OCC. The Morgan fingerprint density at radius 2 is 1.83 bits per heavy atom. The standard InChI is InChI=1S/C16H25N3O4/c1-5-22-13-8-7-12(9-14(13)23-6-2)18-15(20)10-19(4)11(3)16(17)21/h7-9,11H,5-6,10H2,1-4H3,(H2,17,21)(H,18,20)/t11-/m1/s1. The van der Waals surface area contributed by atoms with Gasteiger partial charge in [-0.3, -0.25) is 14.5 Å². The van der Waals surface area contributed by atoms with Gasteiger partial charge in [0.25, 0.3) is 0 Å². The van der Waals surface area contributed by atoms with Crippen LogP contribution in [0.2, 0.25) is 0 Å². The third kappa shape index (κ3) is 5.78. The number of ether oxygens (including phenoxy) is 2. The fourth-order valence-corrected chi connectivity index (χ4v) is 1.91. The van der Waals surface area contributed by atoms with Crippen LogP contribution in [0.15, 0.2) is 18.2 Å². The molecule has 0 aromatic heterocycles. The van der Waals surface area contributed by atoms with Crippen LogP contribution in [0.3, 0.4) is 0 Å². The molecule has 128 valence electrons. The minimum absolute atomic E-state index is 0.0568. The number of benzene rings is 1. The quantitative estimate of drug-likeness (QED) is 0.713. The van der Waals surface area contributed by atoms with Crippen LogP contribution < -0.4 is 20.5 Å². The van der Waals surface area contributed by atoms with E-state index in [9.17, 15) is 9.59 Å². The Kier molecular flexibility index (Phi) is 7.34. The van der Waals surface area contributed by atoms with Crippen molar-refractivity contribution in [2.75, 3.05) is 32.1 Å². The highest BCUT2D eigenvalue weighted by molar-refractivity contribution is 5.93. The number of nitrogens with two attached hydrogens (primary N) is 1. The Balaban J connectivity index is 2.74. The summed E-state index contributed by atoms with van der Waals surface area (Å²) in [5, 5.41) is 2.77. The van der Waals surface area contributed by atoms with E-state index in [1.165, 1.54) is 0 Å². The highest BCUT2D eigenvalue weighted by atomic mass is 16.5. The monoisotopic (exact) mass is 323 g/mol. The second kappa shape index (κ2) is 8.99. The highest BCUT2D eigenvalue weighted by Gasteiger charge is 2.17. The van der Waals surface area contributed by atoms with Crippen molar-refractivity contribution in [2.24, 2.45) is 5.73 Å². The maximum Gasteiger partial charge on any atom is 0.238 e. The van der Waals surface area contributed by atoms with Crippen LogP contribution in [0.25, 0.3) is 0 Å². The van der Waals surface area contributed by atoms with Crippen LogP contribution in [0.4, 0.5) is 5.69 Å². The van der Waals surface area contributed by atoms with Gasteiger partial charge in [-0.2, -0.15) is 0 Å². The fraction of sp³-hybridized carbons (Fsp3) is 0.500. The van der Waals surface area contributed by atoms with Crippen molar-refractivity contribution in [3.63, 3.8) is 0 Å². The van der Waals surface area contributed by atoms with Crippen molar-refractivity contribution in [3.05, 3.63) is 18.2 Å². The van der Waals surface area contributed by atoms with Crippen molar-refractivity contribution >= 4 is 17.5 Å². The smallest absolute Gasteiger partial charge is 0.238 e. The molecule has 0 fully saturated rings. The summed E-state index contributed by atoms with van der Waals surface area (Å²) in [4.78, 5) is 24.7. The first-order valence-electron chi connectivity index (χ1n) is 7.58. The summed E-state index contributed by atoms with van der Waals surface area (Å²) in [7, 11) is 1.67. The van der Waals surface area contributed by atoms with Gasteiger partial charge < -0.3 is 20.5 Å². The predicted molar refractivity (Wildman–Crippen MR) is 88.7 cm³/mol. The summed E-state index contributed by atoms with van der Waals surface area (Å²) in [6, 6.07) is 4.69. The third-order valence-electron chi connectivity index (χ3n) is 3.29. The number of amides is 2. The van der Waals surface area contributed by atoms with Gasteiger partial charge in [-0.1, -0.05) is 0 Å². The van der Waals surface area contributed by atoms with Gasteiger partial charge in [0.1, 0.15) is 0 Å². The van der Waals surface area contributed by atoms with E-state index in [4.69, 9.17) is 15.2 Å². The molecule has 0 unspecified atom stereocenters. The van der Waals surface area contributed by atoms with Crippen molar-refractivity contribution in [2.45, 2.75) is 26.8 Å². The first kappa shape index (κ1) is 18.8. The Hall–Kier alpha value is -2.28. The van der Waals surface area contributed by atoms with E-state index >= 15 is 0 Å². The number of likely N-dealkylation sites (N-methyl/N-ethyl adjacent to an activating group) is 1. The third-order valence-corrected chi connectivity index (χ3v) is 3.29. The van der Waals surface area contributed by atoms with Crippen LogP contribution in [-0.2, 0) is 9.59 Å². The fourth-order valence-electron chi connectivity index (χ4n) is 1.91. The molecule has 0 saturated heterocycles. The summed E-state index contributed by atoms with van der Waals surface area (Å²) in [6.45, 7) is 6.50. The van der Waals surface area contributed by atoms with Crippen LogP contribution in [0, 0.1) is 0 Å². The molecule has 0 aliphatic carbocycles. The average molecular weight is 323 g/mol. The van der Waals surface area contributed by atoms with Gasteiger partial charge in [-0.05, 0) is 40.0 Å². The molecule has 0 aliphatic rings. The minimum Gasteiger partial charge on any atom is -0.490 e. The zero-order valence-corrected chi connectivity index (χ0v) is 14.1. The van der Waals surface area contributed by atoms with Crippen molar-refractivity contribution < 1.29 is 19.1 Å². The largest absolute Gasteiger partial charge is 0.490 e. The van der Waals surface area contributed by atoms with Crippen molar-refractivity contribution in [1.29, 1.82) is 0 Å². The van der Waals surface area contributed by atoms with Crippen LogP contribution in [0.5, 0.6) is 11.5 Å². The van der Waals surface area contributed by atoms with Gasteiger partial charge in [0.05, 0.1) is 25.8 Å². The first-order chi connectivity index (χ1) is 10.9. The molecule has 1 atom stereocenters. The maximum absolute atomic E-state index is 12.1. The lowest BCUT2D eigenvalue weighted by atomic mass is 10.2. The highest BCUT2D eigenvalue weighted by Crippen LogP contribution is 2.30. The molecule has 23 heavy (non-hydrogen) atoms. The number of hydrogen-bond donors (Lipinski definition) is 2. The van der Waals surface area contributed by atoms with Crippen molar-refractivity contribution in [1.82, 2.24) is 4.90 Å². The number of hydrogen-bond acceptors (Lipinski definition) is 5. The molecule has 1 aromatic carbocycles. The number of anilines is 1. The molecule has 3 N–H and O–H groups in total. The first-order valence-corrected chi connectivity index (χ1v) is 7.58. The lowest BCUT2D eigenvalue weighted by molar-refractivity contribution is -0.123. The van der Waals surface area contributed by atoms with Gasteiger partial charge in [0.15, 0.2) is 11.5 Å². The Labute approximate surface area is 136 Å². The summed E-state index contributed by atoms with van der Waals surface area (Å²) in [5.41, 5.74) is 5.82. The molecule has 0 spiro atoms. The summed E-state index contributed by atoms with van der Waals surface area (Å²) >= 11 is 0. The van der Waals surface area contributed by atoms with Gasteiger partial charge >= 0.3 is 0 Å². The van der Waals surface area contributed by atoms with Crippen LogP contribution in [-0.4, -0.2) is 49.6 Å². The van der Waals surface area contributed by atoms with E-state index in [-0.39, 0.29) is 12.5 Å². The second-order valence-electron chi connectivity index (χ2n) is 5.07. The van der Waals surface area contributed by atoms with Gasteiger partial charge in [-0.25, -0.2) is 0 Å². The van der Waals surface area contributed by atoms with Crippen LogP contribution >= 0.6 is 0 Å². The number of rotatable bonds is 9. The Morgan fingerprint density at radius 1 is 1.22 bits per heavy atom. The summed E-state index contributed by atoms with van der Waals surface area (Å²) in [5.74, 6) is 0.491. The van der Waals surface area contributed by atoms with Gasteiger partial charge in [-0.15, -0.1) is 0 Å². The number of nitrogens with zero attached hydrogens (tertiary/aromatic N) is 1. The molecular weight excluding hydrogens is 298 g/mol. The number of primary amides is 1. The van der Waals surface area contributed by atoms with Crippen LogP contribution in [0.1, 0.15) is 20.8 Å². The number of carbonyl (C=O) groups is 2. The topological polar surface area (TPSA) is 93.9 Å². The molecule has 2 amide bonds. The molecule has 0 saturated carbocycles. The molecule has 0 aliphatic heterocycles. The molecule has 7 heteroatoms. The molecular formula is C16H25N3O4. The van der Waals surface area contributed by atoms with Gasteiger partial charge in [0.2, 0.25) is 11.8 Å². The Morgan fingerprint density at radius 3 is 2.39 bits per heavy atom. The second-order valence-corrected chi connectivity index (χ2v) is 5.07. The normalized spacial score (nSPS) is 11.9. The minimum atomic E-state index is -0.514. The van der Waals surface area contributed by atoms with E-state index in [0.29, 0.717) is 30.4 Å². The molecule has 7 nitrogen and oxygen atoms in total. The lowest BCUT2D eigenvalue weighted by Crippen LogP contribution is -2.43. The zero-order valence-electron chi connectivity index (χ0n) is 14.1. The van der Waals surface area contributed by atoms with E-state index in [1.807, 2.05) is 13.8 Å². The molecule has 0 heterocycles. The average Bonchev–Trinajstić information content (AvgIpc) is 2.49. The predicted octanol–water partition coefficient (Wildman–Crippen LogP) is 1.23. The molecule has 0 bridgehead atoms. The van der Waals surface area contributed by atoms with Gasteiger partial charge in [0, 0.05) is 11.8 Å². The van der Waals surface area contributed by atoms with E-state index in [2.05, 4.69) is 5.32 Å². The molecule has 1 aromatic rings. The number of carbonyl (C=O) groups excluding carboxylic acids is 2. The lowest BCUT2D eigenvalue weighted by Gasteiger charge is -2.21. The van der Waals surface area contributed by atoms with E-state index in [0.717, 1.165) is 0 Å². The van der Waals surface area contributed by atoms with Crippen molar-refractivity contribution in [3.8, 4) is 11.5 Å². The molecule has 0 radical (unpaired) electrons. The molecule has 1 rings (SSSR count). The van der Waals surface area contributed by atoms with E-state index < -0.39 is 11.9 Å². The zero-order chi connectivity index (χ0) is 17.4. The summed E-state index contributed by atoms with van der Waals surface area (Å²) in [6.07, 6.45) is 0. The summed E-state index contributed by atoms with van der Waals surface area (Å²) < 4.78 is 11.0. The maximum atomic E-state index is 12.1. The van der Waals surface area contributed by atoms with E-state index in [1.54, 1.807) is 37.1 Å². The Bertz CT molecular complexity index is 548.